The van der Waals surface area contributed by atoms with E-state index >= 15 is 0 Å². The van der Waals surface area contributed by atoms with Crippen LogP contribution >= 0.6 is 11.8 Å². The molecule has 5 nitrogen and oxygen atoms in total. The number of benzene rings is 3. The Labute approximate surface area is 197 Å². The van der Waals surface area contributed by atoms with Gasteiger partial charge in [0.05, 0.1) is 17.4 Å². The number of thioether (sulfide) groups is 1. The molecule has 0 bridgehead atoms. The van der Waals surface area contributed by atoms with Gasteiger partial charge in [-0.05, 0) is 49.6 Å². The lowest BCUT2D eigenvalue weighted by Gasteiger charge is -2.16. The SMILES string of the molecule is Cc1cccc(C)c1NC(=O)C(C)Sc1nnc(-c2ccccc2F)n1Cc1ccccc1. The van der Waals surface area contributed by atoms with Crippen LogP contribution in [-0.4, -0.2) is 25.9 Å². The second-order valence-corrected chi connectivity index (χ2v) is 9.18. The van der Waals surface area contributed by atoms with Gasteiger partial charge < -0.3 is 5.32 Å². The Morgan fingerprint density at radius 1 is 0.970 bits per heavy atom. The average molecular weight is 461 g/mol. The molecule has 1 unspecified atom stereocenters. The number of carbonyl (C=O) groups is 1. The molecule has 7 heteroatoms. The Hall–Kier alpha value is -3.45. The second-order valence-electron chi connectivity index (χ2n) is 7.87. The highest BCUT2D eigenvalue weighted by Crippen LogP contribution is 2.30. The molecule has 3 aromatic carbocycles. The number of carbonyl (C=O) groups excluding carboxylic acids is 1. The molecule has 1 atom stereocenters. The van der Waals surface area contributed by atoms with E-state index in [1.165, 1.54) is 17.8 Å². The Morgan fingerprint density at radius 2 is 1.64 bits per heavy atom. The number of aromatic nitrogens is 3. The van der Waals surface area contributed by atoms with Gasteiger partial charge in [0.25, 0.3) is 0 Å². The maximum Gasteiger partial charge on any atom is 0.237 e. The molecule has 1 heterocycles. The first-order chi connectivity index (χ1) is 15.9. The summed E-state index contributed by atoms with van der Waals surface area (Å²) in [5.41, 5.74) is 4.25. The second kappa shape index (κ2) is 10.0. The first-order valence-electron chi connectivity index (χ1n) is 10.7. The predicted molar refractivity (Wildman–Crippen MR) is 131 cm³/mol. The van der Waals surface area contributed by atoms with Gasteiger partial charge >= 0.3 is 0 Å². The minimum Gasteiger partial charge on any atom is -0.325 e. The maximum absolute atomic E-state index is 14.6. The highest BCUT2D eigenvalue weighted by atomic mass is 32.2. The van der Waals surface area contributed by atoms with E-state index in [0.29, 0.717) is 23.1 Å². The van der Waals surface area contributed by atoms with Crippen molar-refractivity contribution in [3.8, 4) is 11.4 Å². The van der Waals surface area contributed by atoms with Crippen molar-refractivity contribution in [1.29, 1.82) is 0 Å². The molecule has 0 aliphatic rings. The molecule has 1 aromatic heterocycles. The van der Waals surface area contributed by atoms with Crippen molar-refractivity contribution in [3.63, 3.8) is 0 Å². The van der Waals surface area contributed by atoms with E-state index in [9.17, 15) is 9.18 Å². The lowest BCUT2D eigenvalue weighted by atomic mass is 10.1. The normalized spacial score (nSPS) is 11.9. The van der Waals surface area contributed by atoms with Crippen molar-refractivity contribution >= 4 is 23.4 Å². The Bertz CT molecular complexity index is 1250. The fraction of sp³-hybridized carbons (Fsp3) is 0.192. The zero-order chi connectivity index (χ0) is 23.4. The summed E-state index contributed by atoms with van der Waals surface area (Å²) >= 11 is 1.30. The largest absolute Gasteiger partial charge is 0.325 e. The number of hydrogen-bond acceptors (Lipinski definition) is 4. The van der Waals surface area contributed by atoms with Crippen LogP contribution in [-0.2, 0) is 11.3 Å². The van der Waals surface area contributed by atoms with E-state index in [0.717, 1.165) is 22.4 Å². The average Bonchev–Trinajstić information content (AvgIpc) is 3.19. The summed E-state index contributed by atoms with van der Waals surface area (Å²) < 4.78 is 16.4. The fourth-order valence-electron chi connectivity index (χ4n) is 3.57. The van der Waals surface area contributed by atoms with Crippen LogP contribution in [0.5, 0.6) is 0 Å². The predicted octanol–water partition coefficient (Wildman–Crippen LogP) is 5.87. The molecule has 0 saturated carbocycles. The Kier molecular flexibility index (Phi) is 6.89. The summed E-state index contributed by atoms with van der Waals surface area (Å²) in [6.45, 7) is 6.23. The molecular formula is C26H25FN4OS. The topological polar surface area (TPSA) is 59.8 Å². The third-order valence-corrected chi connectivity index (χ3v) is 6.48. The van der Waals surface area contributed by atoms with E-state index in [4.69, 9.17) is 0 Å². The van der Waals surface area contributed by atoms with Gasteiger partial charge in [0, 0.05) is 5.69 Å². The van der Waals surface area contributed by atoms with Crippen LogP contribution in [0.4, 0.5) is 10.1 Å². The highest BCUT2D eigenvalue weighted by molar-refractivity contribution is 8.00. The Morgan fingerprint density at radius 3 is 2.33 bits per heavy atom. The van der Waals surface area contributed by atoms with Crippen molar-refractivity contribution in [2.45, 2.75) is 37.7 Å². The third kappa shape index (κ3) is 5.14. The summed E-state index contributed by atoms with van der Waals surface area (Å²) in [4.78, 5) is 13.0. The van der Waals surface area contributed by atoms with Crippen molar-refractivity contribution in [2.24, 2.45) is 0 Å². The number of amides is 1. The molecule has 0 aliphatic heterocycles. The number of hydrogen-bond donors (Lipinski definition) is 1. The standard InChI is InChI=1S/C26H25FN4OS/c1-17-10-9-11-18(2)23(17)28-25(32)19(3)33-26-30-29-24(21-14-7-8-15-22(21)27)31(26)16-20-12-5-4-6-13-20/h4-15,19H,16H2,1-3H3,(H,28,32). The highest BCUT2D eigenvalue weighted by Gasteiger charge is 2.23. The van der Waals surface area contributed by atoms with Gasteiger partial charge in [-0.3, -0.25) is 9.36 Å². The van der Waals surface area contributed by atoms with Crippen LogP contribution in [0.15, 0.2) is 78.0 Å². The molecule has 0 radical (unpaired) electrons. The van der Waals surface area contributed by atoms with Crippen molar-refractivity contribution in [2.75, 3.05) is 5.32 Å². The molecule has 4 rings (SSSR count). The lowest BCUT2D eigenvalue weighted by molar-refractivity contribution is -0.115. The molecule has 0 spiro atoms. The molecule has 1 amide bonds. The number of nitrogens with one attached hydrogen (secondary N) is 1. The van der Waals surface area contributed by atoms with Crippen LogP contribution in [0.1, 0.15) is 23.6 Å². The molecule has 0 saturated heterocycles. The zero-order valence-corrected chi connectivity index (χ0v) is 19.6. The molecule has 4 aromatic rings. The quantitative estimate of drug-likeness (QED) is 0.351. The van der Waals surface area contributed by atoms with Crippen LogP contribution in [0, 0.1) is 19.7 Å². The summed E-state index contributed by atoms with van der Waals surface area (Å²) in [6.07, 6.45) is 0. The Balaban J connectivity index is 1.63. The van der Waals surface area contributed by atoms with Crippen molar-refractivity contribution in [3.05, 3.63) is 95.3 Å². The van der Waals surface area contributed by atoms with Gasteiger partial charge in [-0.2, -0.15) is 0 Å². The first-order valence-corrected chi connectivity index (χ1v) is 11.6. The lowest BCUT2D eigenvalue weighted by Crippen LogP contribution is -2.24. The number of halogens is 1. The summed E-state index contributed by atoms with van der Waals surface area (Å²) in [6, 6.07) is 22.3. The maximum atomic E-state index is 14.6. The minimum atomic E-state index is -0.434. The third-order valence-electron chi connectivity index (χ3n) is 5.40. The number of nitrogens with zero attached hydrogens (tertiary/aromatic N) is 3. The number of rotatable bonds is 7. The van der Waals surface area contributed by atoms with Gasteiger partial charge in [0.2, 0.25) is 5.91 Å². The van der Waals surface area contributed by atoms with Crippen molar-refractivity contribution < 1.29 is 9.18 Å². The molecule has 1 N–H and O–H groups in total. The smallest absolute Gasteiger partial charge is 0.237 e. The van der Waals surface area contributed by atoms with Crippen LogP contribution in [0.2, 0.25) is 0 Å². The molecular weight excluding hydrogens is 435 g/mol. The van der Waals surface area contributed by atoms with E-state index in [1.54, 1.807) is 18.2 Å². The van der Waals surface area contributed by atoms with Gasteiger partial charge in [0.15, 0.2) is 11.0 Å². The van der Waals surface area contributed by atoms with E-state index in [2.05, 4.69) is 15.5 Å². The number of anilines is 1. The monoisotopic (exact) mass is 460 g/mol. The summed E-state index contributed by atoms with van der Waals surface area (Å²) in [5.74, 6) is -0.0579. The van der Waals surface area contributed by atoms with Crippen molar-refractivity contribution in [1.82, 2.24) is 14.8 Å². The first kappa shape index (κ1) is 22.7. The summed E-state index contributed by atoms with van der Waals surface area (Å²) in [7, 11) is 0. The van der Waals surface area contributed by atoms with Gasteiger partial charge in [-0.1, -0.05) is 72.4 Å². The summed E-state index contributed by atoms with van der Waals surface area (Å²) in [5, 5.41) is 11.8. The van der Waals surface area contributed by atoms with Crippen LogP contribution in [0.25, 0.3) is 11.4 Å². The van der Waals surface area contributed by atoms with Crippen LogP contribution < -0.4 is 5.32 Å². The molecule has 33 heavy (non-hydrogen) atoms. The molecule has 0 fully saturated rings. The van der Waals surface area contributed by atoms with E-state index in [-0.39, 0.29) is 11.7 Å². The molecule has 168 valence electrons. The van der Waals surface area contributed by atoms with Gasteiger partial charge in [-0.15, -0.1) is 10.2 Å². The van der Waals surface area contributed by atoms with E-state index in [1.807, 2.05) is 73.9 Å². The number of para-hydroxylation sites is 1. The molecule has 0 aliphatic carbocycles. The van der Waals surface area contributed by atoms with Gasteiger partial charge in [-0.25, -0.2) is 4.39 Å². The van der Waals surface area contributed by atoms with Crippen LogP contribution in [0.3, 0.4) is 0 Å². The minimum absolute atomic E-state index is 0.126. The fourth-order valence-corrected chi connectivity index (χ4v) is 4.42. The van der Waals surface area contributed by atoms with Gasteiger partial charge in [0.1, 0.15) is 5.82 Å². The van der Waals surface area contributed by atoms with E-state index < -0.39 is 5.25 Å². The number of aryl methyl sites for hydroxylation is 2. The zero-order valence-electron chi connectivity index (χ0n) is 18.7.